The zero-order valence-corrected chi connectivity index (χ0v) is 33.3. The molecule has 0 radical (unpaired) electrons. The minimum absolute atomic E-state index is 0.00825. The third-order valence-corrected chi connectivity index (χ3v) is 18.0. The Bertz CT molecular complexity index is 1720. The van der Waals surface area contributed by atoms with Crippen molar-refractivity contribution in [3.8, 4) is 0 Å². The van der Waals surface area contributed by atoms with Crippen LogP contribution < -0.4 is 5.32 Å². The fraction of sp³-hybridized carbons (Fsp3) is 0.727. The molecule has 5 aliphatic carbocycles. The summed E-state index contributed by atoms with van der Waals surface area (Å²) < 4.78 is 23.9. The number of hydrogen-bond donors (Lipinski definition) is 2. The number of amides is 1. The van der Waals surface area contributed by atoms with E-state index in [1.807, 2.05) is 12.1 Å². The zero-order chi connectivity index (χ0) is 37.3. The molecule has 286 valence electrons. The third-order valence-electron chi connectivity index (χ3n) is 16.4. The smallest absolute Gasteiger partial charge is 0.335 e. The molecule has 52 heavy (non-hydrogen) atoms. The minimum atomic E-state index is -3.12. The van der Waals surface area contributed by atoms with Crippen molar-refractivity contribution in [3.63, 3.8) is 0 Å². The number of nitrogens with one attached hydrogen (secondary N) is 1. The van der Waals surface area contributed by atoms with Crippen LogP contribution in [0.5, 0.6) is 0 Å². The van der Waals surface area contributed by atoms with E-state index in [4.69, 9.17) is 0 Å². The quantitative estimate of drug-likeness (QED) is 0.205. The molecule has 6 aliphatic rings. The van der Waals surface area contributed by atoms with Crippen molar-refractivity contribution >= 4 is 27.3 Å². The summed E-state index contributed by atoms with van der Waals surface area (Å²) in [7, 11) is -3.12. The molecule has 1 aromatic rings. The normalized spacial score (nSPS) is 39.2. The first-order chi connectivity index (χ1) is 24.5. The predicted octanol–water partition coefficient (Wildman–Crippen LogP) is 8.62. The number of hydrogen-bond acceptors (Lipinski definition) is 5. The highest BCUT2D eigenvalue weighted by Gasteiger charge is 2.62. The molecule has 4 saturated carbocycles. The van der Waals surface area contributed by atoms with Crippen molar-refractivity contribution < 1.29 is 23.1 Å². The molecule has 0 spiro atoms. The Morgan fingerprint density at radius 3 is 2.25 bits per heavy atom. The lowest BCUT2D eigenvalue weighted by atomic mass is 9.43. The zero-order valence-electron chi connectivity index (χ0n) is 32.5. The van der Waals surface area contributed by atoms with Crippen molar-refractivity contribution in [2.24, 2.45) is 57.2 Å². The molecule has 8 heteroatoms. The van der Waals surface area contributed by atoms with Crippen molar-refractivity contribution in [2.45, 2.75) is 112 Å². The number of aromatic carboxylic acids is 1. The van der Waals surface area contributed by atoms with E-state index in [1.54, 1.807) is 12.1 Å². The second-order valence-corrected chi connectivity index (χ2v) is 21.4. The number of nitrogens with zero attached hydrogens (tertiary/aromatic N) is 1. The van der Waals surface area contributed by atoms with Gasteiger partial charge in [-0.2, -0.15) is 0 Å². The summed E-state index contributed by atoms with van der Waals surface area (Å²) in [5.41, 5.74) is 4.98. The number of fused-ring (bicyclic) bond motifs is 9. The number of rotatable bonds is 8. The lowest BCUT2D eigenvalue weighted by Gasteiger charge is -2.62. The summed E-state index contributed by atoms with van der Waals surface area (Å²) in [6, 6.07) is 7.58. The van der Waals surface area contributed by atoms with Gasteiger partial charge in [0.25, 0.3) is 0 Å². The van der Waals surface area contributed by atoms with Crippen LogP contribution in [0.4, 0.5) is 0 Å². The maximum absolute atomic E-state index is 12.9. The van der Waals surface area contributed by atoms with E-state index in [0.29, 0.717) is 66.0 Å². The standard InChI is InChI=1S/C44H64N2O5S/c1-29(2)34-17-21-44(27-45-24-19-38(47)46-25-26-52(50,51)28-46)23-22-42(5)32-11-12-33(13-15-36(42)39(34)44)43(6)20-18-35(41(3,4)37(43)16-14-32)30-7-9-31(10-8-30)40(48)49/h7-10,18,32-34,36-37,39,45H,1,11-17,19-28H2,2-6H3,(H,48,49)/t32-,33-,34+,36-,37+,39-,42+,43-,44-/m1/s1. The number of sulfone groups is 1. The molecular weight excluding hydrogens is 669 g/mol. The molecule has 2 N–H and O–H groups in total. The molecule has 1 heterocycles. The van der Waals surface area contributed by atoms with Crippen molar-refractivity contribution in [1.82, 2.24) is 10.2 Å². The van der Waals surface area contributed by atoms with Gasteiger partial charge in [-0.05, 0) is 158 Å². The Kier molecular flexibility index (Phi) is 9.96. The predicted molar refractivity (Wildman–Crippen MR) is 208 cm³/mol. The third kappa shape index (κ3) is 6.43. The summed E-state index contributed by atoms with van der Waals surface area (Å²) in [4.78, 5) is 26.0. The van der Waals surface area contributed by atoms with E-state index in [0.717, 1.165) is 13.0 Å². The van der Waals surface area contributed by atoms with Crippen LogP contribution in [0.3, 0.4) is 0 Å². The molecular formula is C44H64N2O5S. The van der Waals surface area contributed by atoms with Crippen molar-refractivity contribution in [3.05, 3.63) is 53.6 Å². The van der Waals surface area contributed by atoms with Crippen LogP contribution in [-0.4, -0.2) is 61.6 Å². The number of carboxylic acids is 1. The maximum Gasteiger partial charge on any atom is 0.335 e. The summed E-state index contributed by atoms with van der Waals surface area (Å²) in [6.07, 6.45) is 16.6. The summed E-state index contributed by atoms with van der Waals surface area (Å²) in [5, 5.41) is 13.3. The summed E-state index contributed by atoms with van der Waals surface area (Å²) in [5.74, 6) is 2.78. The van der Waals surface area contributed by atoms with Gasteiger partial charge in [0.15, 0.2) is 9.84 Å². The lowest BCUT2D eigenvalue weighted by Crippen LogP contribution is -2.56. The molecule has 5 fully saturated rings. The number of allylic oxidation sites excluding steroid dienone is 3. The fourth-order valence-electron chi connectivity index (χ4n) is 13.6. The van der Waals surface area contributed by atoms with Crippen LogP contribution in [0.15, 0.2) is 42.5 Å². The highest BCUT2D eigenvalue weighted by Crippen LogP contribution is 2.70. The van der Waals surface area contributed by atoms with Gasteiger partial charge in [-0.1, -0.05) is 58.1 Å². The average Bonchev–Trinajstić information content (AvgIpc) is 3.64. The van der Waals surface area contributed by atoms with Gasteiger partial charge in [0.1, 0.15) is 5.88 Å². The van der Waals surface area contributed by atoms with Gasteiger partial charge < -0.3 is 15.3 Å². The molecule has 1 saturated heterocycles. The fourth-order valence-corrected chi connectivity index (χ4v) is 15.0. The number of carboxylic acid groups (broad SMARTS) is 1. The van der Waals surface area contributed by atoms with Gasteiger partial charge in [-0.25, -0.2) is 13.2 Å². The number of carbonyl (C=O) groups is 2. The number of benzene rings is 1. The molecule has 2 bridgehead atoms. The molecule has 9 atom stereocenters. The first-order valence-electron chi connectivity index (χ1n) is 20.4. The first kappa shape index (κ1) is 37.8. The van der Waals surface area contributed by atoms with Crippen LogP contribution in [0.2, 0.25) is 0 Å². The SMILES string of the molecule is C=C(C)[C@@H]1CC[C@]2(CNCCC(=O)N3CCS(=O)(=O)C3)CC[C@@]3(C)[C@@H]4CC[C@H](CC[C@@H]3[C@@H]12)[C@@]1(C)CC=C(c2ccc(C(=O)O)cc2)C(C)(C)[C@@H]1CC4. The monoisotopic (exact) mass is 732 g/mol. The van der Waals surface area contributed by atoms with E-state index in [2.05, 4.69) is 52.6 Å². The van der Waals surface area contributed by atoms with Crippen LogP contribution in [0.1, 0.15) is 128 Å². The van der Waals surface area contributed by atoms with E-state index in [9.17, 15) is 23.1 Å². The van der Waals surface area contributed by atoms with Gasteiger partial charge in [0.2, 0.25) is 5.91 Å². The van der Waals surface area contributed by atoms with Gasteiger partial charge in [-0.3, -0.25) is 4.79 Å². The van der Waals surface area contributed by atoms with E-state index < -0.39 is 15.8 Å². The molecule has 0 aromatic heterocycles. The highest BCUT2D eigenvalue weighted by molar-refractivity contribution is 7.91. The highest BCUT2D eigenvalue weighted by atomic mass is 32.2. The average molecular weight is 733 g/mol. The second-order valence-electron chi connectivity index (χ2n) is 19.3. The largest absolute Gasteiger partial charge is 0.478 e. The van der Waals surface area contributed by atoms with Crippen LogP contribution in [0, 0.1) is 57.2 Å². The van der Waals surface area contributed by atoms with Crippen LogP contribution >= 0.6 is 0 Å². The maximum atomic E-state index is 12.9. The Morgan fingerprint density at radius 2 is 1.60 bits per heavy atom. The molecule has 1 aromatic carbocycles. The van der Waals surface area contributed by atoms with Gasteiger partial charge in [-0.15, -0.1) is 0 Å². The van der Waals surface area contributed by atoms with E-state index in [1.165, 1.54) is 85.8 Å². The van der Waals surface area contributed by atoms with E-state index in [-0.39, 0.29) is 33.8 Å². The Morgan fingerprint density at radius 1 is 0.923 bits per heavy atom. The molecule has 7 rings (SSSR count). The molecule has 1 aliphatic heterocycles. The molecule has 0 unspecified atom stereocenters. The van der Waals surface area contributed by atoms with Gasteiger partial charge in [0, 0.05) is 26.1 Å². The minimum Gasteiger partial charge on any atom is -0.478 e. The lowest BCUT2D eigenvalue weighted by molar-refractivity contribution is -0.129. The summed E-state index contributed by atoms with van der Waals surface area (Å²) >= 11 is 0. The second kappa shape index (κ2) is 13.7. The molecule has 1 amide bonds. The number of carbonyl (C=O) groups excluding carboxylic acids is 1. The first-order valence-corrected chi connectivity index (χ1v) is 22.2. The van der Waals surface area contributed by atoms with E-state index >= 15 is 0 Å². The Labute approximate surface area is 313 Å². The van der Waals surface area contributed by atoms with Gasteiger partial charge >= 0.3 is 5.97 Å². The topological polar surface area (TPSA) is 104 Å². The van der Waals surface area contributed by atoms with Crippen LogP contribution in [0.25, 0.3) is 5.57 Å². The van der Waals surface area contributed by atoms with Crippen molar-refractivity contribution in [1.29, 1.82) is 0 Å². The Balaban J connectivity index is 1.12. The summed E-state index contributed by atoms with van der Waals surface area (Å²) in [6.45, 7) is 18.9. The van der Waals surface area contributed by atoms with Crippen LogP contribution in [-0.2, 0) is 14.6 Å². The van der Waals surface area contributed by atoms with Crippen molar-refractivity contribution in [2.75, 3.05) is 31.3 Å². The van der Waals surface area contributed by atoms with Gasteiger partial charge in [0.05, 0.1) is 11.3 Å². The molecule has 7 nitrogen and oxygen atoms in total. The Hall–Kier alpha value is -2.45.